The smallest absolute Gasteiger partial charge is 0.277 e. The minimum Gasteiger partial charge on any atom is -0.391 e. The van der Waals surface area contributed by atoms with Crippen molar-refractivity contribution >= 4 is 11.7 Å². The van der Waals surface area contributed by atoms with Crippen molar-refractivity contribution in [2.45, 2.75) is 25.9 Å². The number of nitrogens with two attached hydrogens (primary N) is 1. The molecule has 15 heavy (non-hydrogen) atoms. The molecule has 4 N–H and O–H groups in total. The van der Waals surface area contributed by atoms with Crippen LogP contribution in [0.3, 0.4) is 0 Å². The standard InChI is InChI=1S/C8H14N4O3/c1-2-3-5(13)4-10-8(14)6-7(9)12-15-11-6/h5,13H,2-4H2,1H3,(H2,9,12)(H,10,14). The molecule has 0 saturated heterocycles. The number of carbonyl (C=O) groups is 1. The maximum absolute atomic E-state index is 11.4. The number of aromatic nitrogens is 2. The summed E-state index contributed by atoms with van der Waals surface area (Å²) in [6, 6.07) is 0. The van der Waals surface area contributed by atoms with Crippen LogP contribution in [0.5, 0.6) is 0 Å². The van der Waals surface area contributed by atoms with Gasteiger partial charge in [0.1, 0.15) is 0 Å². The Labute approximate surface area is 86.6 Å². The molecule has 1 atom stereocenters. The lowest BCUT2D eigenvalue weighted by Crippen LogP contribution is -2.32. The number of nitrogen functional groups attached to an aromatic ring is 1. The summed E-state index contributed by atoms with van der Waals surface area (Å²) in [4.78, 5) is 11.4. The van der Waals surface area contributed by atoms with E-state index in [9.17, 15) is 9.90 Å². The van der Waals surface area contributed by atoms with E-state index in [1.807, 2.05) is 6.92 Å². The van der Waals surface area contributed by atoms with E-state index in [2.05, 4.69) is 20.3 Å². The first-order valence-electron chi connectivity index (χ1n) is 4.69. The fourth-order valence-electron chi connectivity index (χ4n) is 1.08. The lowest BCUT2D eigenvalue weighted by Gasteiger charge is -2.09. The monoisotopic (exact) mass is 214 g/mol. The molecule has 0 saturated carbocycles. The van der Waals surface area contributed by atoms with Crippen LogP contribution in [0.1, 0.15) is 30.3 Å². The Morgan fingerprint density at radius 1 is 1.67 bits per heavy atom. The van der Waals surface area contributed by atoms with Crippen molar-refractivity contribution in [1.82, 2.24) is 15.6 Å². The first kappa shape index (κ1) is 11.4. The third-order valence-corrected chi connectivity index (χ3v) is 1.85. The Kier molecular flexibility index (Phi) is 4.04. The molecule has 0 spiro atoms. The van der Waals surface area contributed by atoms with E-state index in [4.69, 9.17) is 5.73 Å². The minimum absolute atomic E-state index is 0.0568. The predicted molar refractivity (Wildman–Crippen MR) is 52.0 cm³/mol. The average Bonchev–Trinajstić information content (AvgIpc) is 2.61. The minimum atomic E-state index is -0.556. The molecule has 0 aliphatic carbocycles. The van der Waals surface area contributed by atoms with Crippen LogP contribution in [0.2, 0.25) is 0 Å². The molecule has 84 valence electrons. The molecule has 1 unspecified atom stereocenters. The third-order valence-electron chi connectivity index (χ3n) is 1.85. The zero-order valence-corrected chi connectivity index (χ0v) is 8.43. The fourth-order valence-corrected chi connectivity index (χ4v) is 1.08. The van der Waals surface area contributed by atoms with Crippen LogP contribution in [0.25, 0.3) is 0 Å². The van der Waals surface area contributed by atoms with Gasteiger partial charge in [0.05, 0.1) is 6.10 Å². The van der Waals surface area contributed by atoms with Gasteiger partial charge >= 0.3 is 0 Å². The van der Waals surface area contributed by atoms with Gasteiger partial charge in [-0.3, -0.25) is 4.79 Å². The molecular formula is C8H14N4O3. The molecule has 0 fully saturated rings. The van der Waals surface area contributed by atoms with Crippen LogP contribution in [-0.4, -0.2) is 34.0 Å². The fraction of sp³-hybridized carbons (Fsp3) is 0.625. The Morgan fingerprint density at radius 3 is 2.93 bits per heavy atom. The number of carbonyl (C=O) groups excluding carboxylic acids is 1. The van der Waals surface area contributed by atoms with Gasteiger partial charge in [-0.15, -0.1) is 0 Å². The molecule has 0 bridgehead atoms. The van der Waals surface area contributed by atoms with E-state index in [1.165, 1.54) is 0 Å². The maximum Gasteiger partial charge on any atom is 0.277 e. The van der Waals surface area contributed by atoms with Gasteiger partial charge in [-0.1, -0.05) is 13.3 Å². The van der Waals surface area contributed by atoms with E-state index in [0.29, 0.717) is 6.42 Å². The SMILES string of the molecule is CCCC(O)CNC(=O)c1nonc1N. The highest BCUT2D eigenvalue weighted by atomic mass is 16.6. The van der Waals surface area contributed by atoms with E-state index in [-0.39, 0.29) is 18.1 Å². The topological polar surface area (TPSA) is 114 Å². The summed E-state index contributed by atoms with van der Waals surface area (Å²) >= 11 is 0. The highest BCUT2D eigenvalue weighted by Crippen LogP contribution is 2.03. The maximum atomic E-state index is 11.4. The molecule has 0 aliphatic rings. The van der Waals surface area contributed by atoms with Crippen LogP contribution < -0.4 is 11.1 Å². The zero-order valence-electron chi connectivity index (χ0n) is 8.43. The molecule has 1 amide bonds. The Bertz CT molecular complexity index is 325. The first-order valence-corrected chi connectivity index (χ1v) is 4.69. The van der Waals surface area contributed by atoms with Gasteiger partial charge in [0.25, 0.3) is 5.91 Å². The number of hydrogen-bond acceptors (Lipinski definition) is 6. The Morgan fingerprint density at radius 2 is 2.40 bits per heavy atom. The van der Waals surface area contributed by atoms with Crippen molar-refractivity contribution in [2.75, 3.05) is 12.3 Å². The van der Waals surface area contributed by atoms with Gasteiger partial charge in [-0.25, -0.2) is 4.63 Å². The van der Waals surface area contributed by atoms with Crippen molar-refractivity contribution in [3.63, 3.8) is 0 Å². The number of nitrogens with zero attached hydrogens (tertiary/aromatic N) is 2. The normalized spacial score (nSPS) is 12.4. The van der Waals surface area contributed by atoms with Crippen LogP contribution >= 0.6 is 0 Å². The lowest BCUT2D eigenvalue weighted by atomic mass is 10.2. The summed E-state index contributed by atoms with van der Waals surface area (Å²) in [6.07, 6.45) is 0.928. The van der Waals surface area contributed by atoms with E-state index in [0.717, 1.165) is 6.42 Å². The molecule has 0 aliphatic heterocycles. The first-order chi connectivity index (χ1) is 7.15. The summed E-state index contributed by atoms with van der Waals surface area (Å²) in [7, 11) is 0. The number of hydrogen-bond donors (Lipinski definition) is 3. The molecule has 1 heterocycles. The third kappa shape index (κ3) is 3.21. The summed E-state index contributed by atoms with van der Waals surface area (Å²) in [5.74, 6) is -0.554. The van der Waals surface area contributed by atoms with Gasteiger partial charge in [0.2, 0.25) is 11.5 Å². The van der Waals surface area contributed by atoms with E-state index >= 15 is 0 Å². The molecular weight excluding hydrogens is 200 g/mol. The number of aliphatic hydroxyl groups excluding tert-OH is 1. The Balaban J connectivity index is 2.40. The van der Waals surface area contributed by atoms with Crippen LogP contribution in [0.4, 0.5) is 5.82 Å². The van der Waals surface area contributed by atoms with Crippen LogP contribution in [0, 0.1) is 0 Å². The second-order valence-corrected chi connectivity index (χ2v) is 3.15. The summed E-state index contributed by atoms with van der Waals surface area (Å²) in [5, 5.41) is 18.4. The zero-order chi connectivity index (χ0) is 11.3. The van der Waals surface area contributed by atoms with Crippen LogP contribution in [0.15, 0.2) is 4.63 Å². The van der Waals surface area contributed by atoms with Gasteiger partial charge in [-0.05, 0) is 16.7 Å². The number of aliphatic hydroxyl groups is 1. The molecule has 1 aromatic rings. The molecule has 1 aromatic heterocycles. The van der Waals surface area contributed by atoms with Crippen molar-refractivity contribution in [1.29, 1.82) is 0 Å². The van der Waals surface area contributed by atoms with Gasteiger partial charge in [0, 0.05) is 6.54 Å². The second-order valence-electron chi connectivity index (χ2n) is 3.15. The molecule has 0 radical (unpaired) electrons. The van der Waals surface area contributed by atoms with Gasteiger partial charge < -0.3 is 16.2 Å². The highest BCUT2D eigenvalue weighted by molar-refractivity contribution is 5.95. The van der Waals surface area contributed by atoms with Crippen molar-refractivity contribution in [3.8, 4) is 0 Å². The number of anilines is 1. The number of amides is 1. The molecule has 7 nitrogen and oxygen atoms in total. The highest BCUT2D eigenvalue weighted by Gasteiger charge is 2.16. The van der Waals surface area contributed by atoms with Crippen LogP contribution in [-0.2, 0) is 0 Å². The van der Waals surface area contributed by atoms with Crippen molar-refractivity contribution in [3.05, 3.63) is 5.69 Å². The molecule has 7 heteroatoms. The largest absolute Gasteiger partial charge is 0.391 e. The Hall–Kier alpha value is -1.63. The quantitative estimate of drug-likeness (QED) is 0.611. The van der Waals surface area contributed by atoms with E-state index < -0.39 is 12.0 Å². The average molecular weight is 214 g/mol. The summed E-state index contributed by atoms with van der Waals surface area (Å²) in [5.41, 5.74) is 5.26. The predicted octanol–water partition coefficient (Wildman–Crippen LogP) is -0.457. The summed E-state index contributed by atoms with van der Waals surface area (Å²) < 4.78 is 4.27. The lowest BCUT2D eigenvalue weighted by molar-refractivity contribution is 0.0901. The molecule has 1 rings (SSSR count). The second kappa shape index (κ2) is 5.30. The number of rotatable bonds is 5. The molecule has 0 aromatic carbocycles. The van der Waals surface area contributed by atoms with E-state index in [1.54, 1.807) is 0 Å². The number of nitrogens with one attached hydrogen (secondary N) is 1. The van der Waals surface area contributed by atoms with Gasteiger partial charge in [-0.2, -0.15) is 0 Å². The summed E-state index contributed by atoms with van der Waals surface area (Å²) in [6.45, 7) is 2.11. The van der Waals surface area contributed by atoms with Crippen molar-refractivity contribution < 1.29 is 14.5 Å². The van der Waals surface area contributed by atoms with Crippen molar-refractivity contribution in [2.24, 2.45) is 0 Å². The van der Waals surface area contributed by atoms with Gasteiger partial charge in [0.15, 0.2) is 0 Å².